The first-order valence-corrected chi connectivity index (χ1v) is 4.63. The summed E-state index contributed by atoms with van der Waals surface area (Å²) in [6.45, 7) is 0. The van der Waals surface area contributed by atoms with Crippen LogP contribution in [0.5, 0.6) is 0 Å². The number of nitro groups is 1. The number of anilines is 1. The van der Waals surface area contributed by atoms with Crippen LogP contribution in [0.1, 0.15) is 10.4 Å². The molecule has 0 aliphatic carbocycles. The van der Waals surface area contributed by atoms with Gasteiger partial charge in [-0.2, -0.15) is 0 Å². The number of amides is 1. The van der Waals surface area contributed by atoms with Gasteiger partial charge in [0.25, 0.3) is 17.4 Å². The topological polar surface area (TPSA) is 89.3 Å². The van der Waals surface area contributed by atoms with E-state index in [-0.39, 0.29) is 15.7 Å². The fraction of sp³-hybridized carbons (Fsp3) is 0. The Labute approximate surface area is 91.5 Å². The van der Waals surface area contributed by atoms with Crippen LogP contribution in [-0.4, -0.2) is 16.6 Å². The Bertz CT molecular complexity index is 512. The van der Waals surface area contributed by atoms with Crippen LogP contribution in [-0.2, 0) is 4.79 Å². The van der Waals surface area contributed by atoms with Crippen molar-refractivity contribution in [2.75, 3.05) is 5.32 Å². The number of hydrogen-bond donors (Lipinski definition) is 1. The number of carbonyl (C=O) groups excluding carboxylic acids is 2. The highest BCUT2D eigenvalue weighted by molar-refractivity contribution is 9.10. The van der Waals surface area contributed by atoms with Crippen molar-refractivity contribution < 1.29 is 14.5 Å². The van der Waals surface area contributed by atoms with E-state index < -0.39 is 16.6 Å². The number of carbonyl (C=O) groups is 2. The Morgan fingerprint density at radius 2 is 2.00 bits per heavy atom. The molecule has 1 N–H and O–H groups in total. The average Bonchev–Trinajstić information content (AvgIpc) is 2.41. The molecule has 0 bridgehead atoms. The molecular formula is C8H3BrN2O4. The summed E-state index contributed by atoms with van der Waals surface area (Å²) in [7, 11) is 0. The van der Waals surface area contributed by atoms with E-state index in [1.54, 1.807) is 0 Å². The fourth-order valence-corrected chi connectivity index (χ4v) is 1.78. The average molecular weight is 271 g/mol. The molecule has 1 heterocycles. The summed E-state index contributed by atoms with van der Waals surface area (Å²) in [6, 6.07) is 2.43. The minimum Gasteiger partial charge on any atom is -0.318 e. The first-order chi connectivity index (χ1) is 7.00. The van der Waals surface area contributed by atoms with Crippen LogP contribution in [0.15, 0.2) is 16.6 Å². The summed E-state index contributed by atoms with van der Waals surface area (Å²) in [6.07, 6.45) is 0. The number of nitrogens with one attached hydrogen (secondary N) is 1. The van der Waals surface area contributed by atoms with Gasteiger partial charge in [-0.3, -0.25) is 19.7 Å². The van der Waals surface area contributed by atoms with Crippen molar-refractivity contribution in [2.45, 2.75) is 0 Å². The lowest BCUT2D eigenvalue weighted by molar-refractivity contribution is -0.385. The number of benzene rings is 1. The van der Waals surface area contributed by atoms with Crippen LogP contribution in [0.2, 0.25) is 0 Å². The van der Waals surface area contributed by atoms with Gasteiger partial charge in [-0.25, -0.2) is 0 Å². The molecule has 1 aromatic rings. The van der Waals surface area contributed by atoms with Crippen molar-refractivity contribution in [3.8, 4) is 0 Å². The highest BCUT2D eigenvalue weighted by Crippen LogP contribution is 2.34. The number of rotatable bonds is 1. The van der Waals surface area contributed by atoms with Crippen molar-refractivity contribution in [3.63, 3.8) is 0 Å². The van der Waals surface area contributed by atoms with Crippen molar-refractivity contribution >= 4 is 39.0 Å². The van der Waals surface area contributed by atoms with E-state index in [0.717, 1.165) is 6.07 Å². The third kappa shape index (κ3) is 1.40. The molecule has 1 aromatic carbocycles. The van der Waals surface area contributed by atoms with Crippen LogP contribution in [0, 0.1) is 10.1 Å². The summed E-state index contributed by atoms with van der Waals surface area (Å²) in [5.41, 5.74) is 0.0935. The lowest BCUT2D eigenvalue weighted by Gasteiger charge is -1.99. The SMILES string of the molecule is O=C1Nc2cc(Br)c([N+](=O)[O-])cc2C1=O. The quantitative estimate of drug-likeness (QED) is 0.476. The van der Waals surface area contributed by atoms with Gasteiger partial charge in [0.1, 0.15) is 0 Å². The van der Waals surface area contributed by atoms with Gasteiger partial charge in [0.05, 0.1) is 20.6 Å². The number of nitro benzene ring substituents is 1. The van der Waals surface area contributed by atoms with E-state index in [1.807, 2.05) is 0 Å². The highest BCUT2D eigenvalue weighted by atomic mass is 79.9. The summed E-state index contributed by atoms with van der Waals surface area (Å²) in [5.74, 6) is -1.52. The third-order valence-corrected chi connectivity index (χ3v) is 2.62. The second-order valence-corrected chi connectivity index (χ2v) is 3.74. The Kier molecular flexibility index (Phi) is 2.04. The summed E-state index contributed by atoms with van der Waals surface area (Å²) < 4.78 is 0.223. The predicted molar refractivity (Wildman–Crippen MR) is 53.8 cm³/mol. The zero-order valence-electron chi connectivity index (χ0n) is 7.11. The Morgan fingerprint density at radius 1 is 1.33 bits per heavy atom. The summed E-state index contributed by atoms with van der Waals surface area (Å²) in [4.78, 5) is 32.2. The lowest BCUT2D eigenvalue weighted by atomic mass is 10.1. The normalized spacial score (nSPS) is 13.7. The van der Waals surface area contributed by atoms with Crippen molar-refractivity contribution in [1.82, 2.24) is 0 Å². The number of fused-ring (bicyclic) bond motifs is 1. The molecule has 0 saturated carbocycles. The molecule has 76 valence electrons. The number of ketones is 1. The fourth-order valence-electron chi connectivity index (χ4n) is 1.29. The van der Waals surface area contributed by atoms with Crippen molar-refractivity contribution in [1.29, 1.82) is 0 Å². The van der Waals surface area contributed by atoms with Crippen LogP contribution in [0.25, 0.3) is 0 Å². The van der Waals surface area contributed by atoms with Gasteiger partial charge < -0.3 is 5.32 Å². The first kappa shape index (κ1) is 9.78. The summed E-state index contributed by atoms with van der Waals surface area (Å²) >= 11 is 2.99. The Balaban J connectivity index is 2.65. The Morgan fingerprint density at radius 3 is 2.60 bits per heavy atom. The zero-order chi connectivity index (χ0) is 11.2. The molecule has 1 aliphatic rings. The molecule has 6 nitrogen and oxygen atoms in total. The molecule has 0 aromatic heterocycles. The molecule has 1 amide bonds. The van der Waals surface area contributed by atoms with Gasteiger partial charge >= 0.3 is 0 Å². The third-order valence-electron chi connectivity index (χ3n) is 1.98. The van der Waals surface area contributed by atoms with E-state index >= 15 is 0 Å². The molecule has 0 spiro atoms. The van der Waals surface area contributed by atoms with Gasteiger partial charge in [-0.1, -0.05) is 0 Å². The standard InChI is InChI=1S/C8H3BrN2O4/c9-4-2-5-3(1-6(4)11(14)15)7(12)8(13)10-5/h1-2H,(H,10,12,13). The van der Waals surface area contributed by atoms with Gasteiger partial charge in [0, 0.05) is 6.07 Å². The monoisotopic (exact) mass is 270 g/mol. The van der Waals surface area contributed by atoms with Crippen molar-refractivity contribution in [3.05, 3.63) is 32.3 Å². The largest absolute Gasteiger partial charge is 0.318 e. The number of halogens is 1. The summed E-state index contributed by atoms with van der Waals surface area (Å²) in [5, 5.41) is 12.9. The van der Waals surface area contributed by atoms with Gasteiger partial charge in [0.2, 0.25) is 0 Å². The van der Waals surface area contributed by atoms with Gasteiger partial charge in [0.15, 0.2) is 0 Å². The van der Waals surface area contributed by atoms with E-state index in [9.17, 15) is 19.7 Å². The second-order valence-electron chi connectivity index (χ2n) is 2.89. The van der Waals surface area contributed by atoms with E-state index in [4.69, 9.17) is 0 Å². The maximum absolute atomic E-state index is 11.2. The van der Waals surface area contributed by atoms with Gasteiger partial charge in [-0.15, -0.1) is 0 Å². The van der Waals surface area contributed by atoms with Crippen molar-refractivity contribution in [2.24, 2.45) is 0 Å². The maximum atomic E-state index is 11.2. The molecule has 15 heavy (non-hydrogen) atoms. The molecule has 0 fully saturated rings. The van der Waals surface area contributed by atoms with E-state index in [2.05, 4.69) is 21.2 Å². The smallest absolute Gasteiger partial charge is 0.296 e. The second kappa shape index (κ2) is 3.13. The maximum Gasteiger partial charge on any atom is 0.296 e. The minimum absolute atomic E-state index is 0.0369. The van der Waals surface area contributed by atoms with Gasteiger partial charge in [-0.05, 0) is 22.0 Å². The van der Waals surface area contributed by atoms with Crippen LogP contribution in [0.3, 0.4) is 0 Å². The molecule has 7 heteroatoms. The van der Waals surface area contributed by atoms with E-state index in [0.29, 0.717) is 5.69 Å². The zero-order valence-corrected chi connectivity index (χ0v) is 8.70. The molecule has 1 aliphatic heterocycles. The molecule has 0 unspecified atom stereocenters. The number of Topliss-reactive ketones (excluding diaryl/α,β-unsaturated/α-hetero) is 1. The molecule has 0 atom stereocenters. The number of nitrogens with zero attached hydrogens (tertiary/aromatic N) is 1. The van der Waals surface area contributed by atoms with E-state index in [1.165, 1.54) is 6.07 Å². The molecule has 0 saturated heterocycles. The molecular weight excluding hydrogens is 268 g/mol. The lowest BCUT2D eigenvalue weighted by Crippen LogP contribution is -2.12. The van der Waals surface area contributed by atoms with Crippen LogP contribution < -0.4 is 5.32 Å². The highest BCUT2D eigenvalue weighted by Gasteiger charge is 2.31. The molecule has 0 radical (unpaired) electrons. The predicted octanol–water partition coefficient (Wildman–Crippen LogP) is 1.49. The van der Waals surface area contributed by atoms with Crippen LogP contribution in [0.4, 0.5) is 11.4 Å². The minimum atomic E-state index is -0.766. The Hall–Kier alpha value is -1.76. The first-order valence-electron chi connectivity index (χ1n) is 3.84. The van der Waals surface area contributed by atoms with Crippen LogP contribution >= 0.6 is 15.9 Å². The number of hydrogen-bond acceptors (Lipinski definition) is 4. The molecule has 2 rings (SSSR count).